The van der Waals surface area contributed by atoms with E-state index in [0.29, 0.717) is 13.0 Å². The average molecular weight is 380 g/mol. The van der Waals surface area contributed by atoms with Gasteiger partial charge >= 0.3 is 0 Å². The lowest BCUT2D eigenvalue weighted by atomic mass is 9.81. The zero-order chi connectivity index (χ0) is 20.6. The van der Waals surface area contributed by atoms with E-state index in [9.17, 15) is 9.59 Å². The van der Waals surface area contributed by atoms with E-state index in [1.54, 1.807) is 0 Å². The van der Waals surface area contributed by atoms with Crippen LogP contribution in [0.4, 0.5) is 11.4 Å². The third-order valence-corrected chi connectivity index (χ3v) is 5.43. The van der Waals surface area contributed by atoms with Crippen LogP contribution in [0.3, 0.4) is 0 Å². The molecule has 2 amide bonds. The number of nitrogens with zero attached hydrogens (tertiary/aromatic N) is 1. The molecule has 2 aromatic rings. The van der Waals surface area contributed by atoms with Gasteiger partial charge in [0.05, 0.1) is 6.54 Å². The highest BCUT2D eigenvalue weighted by Gasteiger charge is 2.29. The molecule has 0 aromatic heterocycles. The Hall–Kier alpha value is -2.66. The number of benzene rings is 2. The molecule has 28 heavy (non-hydrogen) atoms. The molecule has 5 heteroatoms. The number of rotatable bonds is 4. The molecule has 0 fully saturated rings. The minimum Gasteiger partial charge on any atom is -0.326 e. The second kappa shape index (κ2) is 7.76. The SMILES string of the molecule is Cc1cc(C)c(C2CC(=O)Nc3cc(NC(=O)CN(C)C)c(C)cc32)cc1C. The van der Waals surface area contributed by atoms with Gasteiger partial charge in [-0.3, -0.25) is 9.59 Å². The number of carbonyl (C=O) groups is 2. The second-order valence-electron chi connectivity index (χ2n) is 8.14. The van der Waals surface area contributed by atoms with Gasteiger partial charge in [-0.1, -0.05) is 18.2 Å². The smallest absolute Gasteiger partial charge is 0.238 e. The maximum atomic E-state index is 12.4. The van der Waals surface area contributed by atoms with E-state index in [-0.39, 0.29) is 17.7 Å². The van der Waals surface area contributed by atoms with Crippen molar-refractivity contribution in [1.29, 1.82) is 0 Å². The van der Waals surface area contributed by atoms with Crippen LogP contribution < -0.4 is 10.6 Å². The largest absolute Gasteiger partial charge is 0.326 e. The standard InChI is InChI=1S/C23H29N3O2/c1-13-7-15(3)17(8-14(13)2)18-10-22(27)25-21-11-20(16(4)9-19(18)21)24-23(28)12-26(5)6/h7-9,11,18H,10,12H2,1-6H3,(H,24,28)(H,25,27). The van der Waals surface area contributed by atoms with Gasteiger partial charge in [0.25, 0.3) is 0 Å². The number of nitrogens with one attached hydrogen (secondary N) is 2. The summed E-state index contributed by atoms with van der Waals surface area (Å²) < 4.78 is 0. The number of hydrogen-bond acceptors (Lipinski definition) is 3. The molecule has 2 aromatic carbocycles. The summed E-state index contributed by atoms with van der Waals surface area (Å²) in [6, 6.07) is 8.39. The number of hydrogen-bond donors (Lipinski definition) is 2. The predicted molar refractivity (Wildman–Crippen MR) is 114 cm³/mol. The maximum absolute atomic E-state index is 12.4. The van der Waals surface area contributed by atoms with Crippen LogP contribution in [0.2, 0.25) is 0 Å². The van der Waals surface area contributed by atoms with Crippen molar-refractivity contribution in [2.45, 2.75) is 40.0 Å². The molecule has 1 aliphatic heterocycles. The van der Waals surface area contributed by atoms with E-state index >= 15 is 0 Å². The third-order valence-electron chi connectivity index (χ3n) is 5.43. The van der Waals surface area contributed by atoms with Crippen LogP contribution in [-0.2, 0) is 9.59 Å². The molecule has 3 rings (SSSR count). The first-order valence-corrected chi connectivity index (χ1v) is 9.62. The first-order chi connectivity index (χ1) is 13.2. The fraction of sp³-hybridized carbons (Fsp3) is 0.391. The van der Waals surface area contributed by atoms with E-state index in [4.69, 9.17) is 0 Å². The minimum atomic E-state index is -0.0725. The second-order valence-corrected chi connectivity index (χ2v) is 8.14. The van der Waals surface area contributed by atoms with E-state index in [0.717, 1.165) is 22.5 Å². The predicted octanol–water partition coefficient (Wildman–Crippen LogP) is 3.89. The van der Waals surface area contributed by atoms with E-state index in [1.165, 1.54) is 22.3 Å². The van der Waals surface area contributed by atoms with Crippen molar-refractivity contribution < 1.29 is 9.59 Å². The van der Waals surface area contributed by atoms with Gasteiger partial charge in [-0.15, -0.1) is 0 Å². The fourth-order valence-electron chi connectivity index (χ4n) is 3.87. The van der Waals surface area contributed by atoms with Crippen molar-refractivity contribution in [2.75, 3.05) is 31.3 Å². The highest BCUT2D eigenvalue weighted by Crippen LogP contribution is 2.41. The zero-order valence-electron chi connectivity index (χ0n) is 17.6. The van der Waals surface area contributed by atoms with Gasteiger partial charge in [0.15, 0.2) is 0 Å². The first-order valence-electron chi connectivity index (χ1n) is 9.62. The monoisotopic (exact) mass is 379 g/mol. The summed E-state index contributed by atoms with van der Waals surface area (Å²) in [5, 5.41) is 5.94. The van der Waals surface area contributed by atoms with Gasteiger partial charge in [-0.05, 0) is 81.2 Å². The van der Waals surface area contributed by atoms with Crippen molar-refractivity contribution in [3.8, 4) is 0 Å². The summed E-state index contributed by atoms with van der Waals surface area (Å²) in [4.78, 5) is 26.4. The normalized spacial score (nSPS) is 16.0. The van der Waals surface area contributed by atoms with Crippen molar-refractivity contribution >= 4 is 23.2 Å². The molecule has 0 aliphatic carbocycles. The van der Waals surface area contributed by atoms with Crippen LogP contribution in [0.5, 0.6) is 0 Å². The van der Waals surface area contributed by atoms with Crippen LogP contribution in [0.25, 0.3) is 0 Å². The molecule has 2 N–H and O–H groups in total. The lowest BCUT2D eigenvalue weighted by Crippen LogP contribution is -2.28. The number of carbonyl (C=O) groups excluding carboxylic acids is 2. The summed E-state index contributed by atoms with van der Waals surface area (Å²) in [5.41, 5.74) is 8.52. The number of fused-ring (bicyclic) bond motifs is 1. The van der Waals surface area contributed by atoms with Gasteiger partial charge in [0.1, 0.15) is 0 Å². The molecule has 1 heterocycles. The van der Waals surface area contributed by atoms with Crippen LogP contribution >= 0.6 is 0 Å². The lowest BCUT2D eigenvalue weighted by molar-refractivity contribution is -0.117. The molecule has 0 saturated carbocycles. The molecule has 148 valence electrons. The van der Waals surface area contributed by atoms with Crippen LogP contribution in [-0.4, -0.2) is 37.4 Å². The molecule has 0 radical (unpaired) electrons. The lowest BCUT2D eigenvalue weighted by Gasteiger charge is -2.29. The van der Waals surface area contributed by atoms with Gasteiger partial charge in [0.2, 0.25) is 11.8 Å². The Labute approximate surface area is 167 Å². The summed E-state index contributed by atoms with van der Waals surface area (Å²) in [6.07, 6.45) is 0.433. The Bertz CT molecular complexity index is 947. The average Bonchev–Trinajstić information content (AvgIpc) is 2.58. The molecule has 1 aliphatic rings. The number of amides is 2. The fourth-order valence-corrected chi connectivity index (χ4v) is 3.87. The highest BCUT2D eigenvalue weighted by molar-refractivity contribution is 5.98. The maximum Gasteiger partial charge on any atom is 0.238 e. The van der Waals surface area contributed by atoms with E-state index in [2.05, 4.69) is 49.6 Å². The Morgan fingerprint density at radius 2 is 1.64 bits per heavy atom. The van der Waals surface area contributed by atoms with E-state index < -0.39 is 0 Å². The number of aryl methyl sites for hydroxylation is 4. The first kappa shape index (κ1) is 20.1. The van der Waals surface area contributed by atoms with Crippen LogP contribution in [0, 0.1) is 27.7 Å². The molecule has 1 atom stereocenters. The Balaban J connectivity index is 2.02. The van der Waals surface area contributed by atoms with Gasteiger partial charge in [-0.25, -0.2) is 0 Å². The summed E-state index contributed by atoms with van der Waals surface area (Å²) in [5.74, 6) is -0.0467. The van der Waals surface area contributed by atoms with Gasteiger partial charge in [0, 0.05) is 23.7 Å². The van der Waals surface area contributed by atoms with Gasteiger partial charge in [-0.2, -0.15) is 0 Å². The summed E-state index contributed by atoms with van der Waals surface area (Å²) in [7, 11) is 3.71. The molecule has 0 saturated heterocycles. The van der Waals surface area contributed by atoms with Crippen molar-refractivity contribution in [2.24, 2.45) is 0 Å². The third kappa shape index (κ3) is 4.09. The van der Waals surface area contributed by atoms with Crippen molar-refractivity contribution in [3.05, 3.63) is 57.6 Å². The summed E-state index contributed by atoms with van der Waals surface area (Å²) in [6.45, 7) is 8.63. The molecular formula is C23H29N3O2. The van der Waals surface area contributed by atoms with Crippen LogP contribution in [0.15, 0.2) is 24.3 Å². The minimum absolute atomic E-state index is 0.00421. The molecule has 5 nitrogen and oxygen atoms in total. The number of anilines is 2. The quantitative estimate of drug-likeness (QED) is 0.847. The zero-order valence-corrected chi connectivity index (χ0v) is 17.6. The van der Waals surface area contributed by atoms with Crippen molar-refractivity contribution in [3.63, 3.8) is 0 Å². The number of likely N-dealkylation sites (N-methyl/N-ethyl adjacent to an activating group) is 1. The van der Waals surface area contributed by atoms with Gasteiger partial charge < -0.3 is 15.5 Å². The molecule has 0 bridgehead atoms. The summed E-state index contributed by atoms with van der Waals surface area (Å²) >= 11 is 0. The molecular weight excluding hydrogens is 350 g/mol. The van der Waals surface area contributed by atoms with E-state index in [1.807, 2.05) is 32.0 Å². The Morgan fingerprint density at radius 3 is 2.32 bits per heavy atom. The topological polar surface area (TPSA) is 61.4 Å². The molecule has 1 unspecified atom stereocenters. The van der Waals surface area contributed by atoms with Crippen LogP contribution in [0.1, 0.15) is 45.7 Å². The highest BCUT2D eigenvalue weighted by atomic mass is 16.2. The molecule has 0 spiro atoms. The Morgan fingerprint density at radius 1 is 1.00 bits per heavy atom. The Kier molecular flexibility index (Phi) is 5.57. The van der Waals surface area contributed by atoms with Crippen molar-refractivity contribution in [1.82, 2.24) is 4.90 Å².